The first kappa shape index (κ1) is 46.7. The highest BCUT2D eigenvalue weighted by molar-refractivity contribution is 5.69. The Bertz CT molecular complexity index is 687. The minimum atomic E-state index is -0.676. The lowest BCUT2D eigenvalue weighted by molar-refractivity contribution is -0.150. The predicted molar refractivity (Wildman–Crippen MR) is 209 cm³/mol. The summed E-state index contributed by atoms with van der Waals surface area (Å²) >= 11 is 0. The molecule has 4 nitrogen and oxygen atoms in total. The van der Waals surface area contributed by atoms with Gasteiger partial charge in [0.05, 0.1) is 0 Å². The van der Waals surface area contributed by atoms with E-state index in [2.05, 4.69) is 26.0 Å². The fraction of sp³-hybridized carbons (Fsp3) is 0.909. The Morgan fingerprint density at radius 1 is 0.438 bits per heavy atom. The first-order valence-electron chi connectivity index (χ1n) is 21.7. The molecular weight excluding hydrogens is 592 g/mol. The van der Waals surface area contributed by atoms with Gasteiger partial charge in [0.1, 0.15) is 6.10 Å². The smallest absolute Gasteiger partial charge is 0.306 e. The van der Waals surface area contributed by atoms with Gasteiger partial charge in [0.15, 0.2) is 0 Å². The first-order chi connectivity index (χ1) is 23.6. The molecule has 0 aliphatic heterocycles. The van der Waals surface area contributed by atoms with E-state index in [1.54, 1.807) is 0 Å². The molecule has 0 saturated heterocycles. The zero-order valence-electron chi connectivity index (χ0n) is 32.6. The topological polar surface area (TPSA) is 63.6 Å². The van der Waals surface area contributed by atoms with Crippen molar-refractivity contribution in [1.82, 2.24) is 0 Å². The van der Waals surface area contributed by atoms with Gasteiger partial charge in [0, 0.05) is 12.8 Å². The molecule has 0 fully saturated rings. The standard InChI is InChI=1S/C44H84O4/c1-3-5-7-9-10-11-12-13-14-15-16-17-18-19-20-21-22-26-29-33-37-41-44(47)48-42(38-34-30-8-6-4-2)39-35-31-27-24-23-25-28-32-36-40-43(45)46/h13-14,42H,3-12,15-41H2,1-2H3,(H,45,46)/b14-13-. The van der Waals surface area contributed by atoms with Gasteiger partial charge in [-0.15, -0.1) is 0 Å². The molecule has 0 amide bonds. The summed E-state index contributed by atoms with van der Waals surface area (Å²) in [6, 6.07) is 0. The Hall–Kier alpha value is -1.32. The number of carboxylic acid groups (broad SMARTS) is 1. The maximum atomic E-state index is 12.7. The fourth-order valence-corrected chi connectivity index (χ4v) is 6.77. The van der Waals surface area contributed by atoms with Crippen molar-refractivity contribution in [3.63, 3.8) is 0 Å². The lowest BCUT2D eigenvalue weighted by Crippen LogP contribution is -2.18. The predicted octanol–water partition coefficient (Wildman–Crippen LogP) is 15.0. The van der Waals surface area contributed by atoms with Gasteiger partial charge in [0.25, 0.3) is 0 Å². The third kappa shape index (κ3) is 39.1. The van der Waals surface area contributed by atoms with E-state index in [9.17, 15) is 9.59 Å². The molecule has 0 bridgehead atoms. The van der Waals surface area contributed by atoms with Crippen LogP contribution < -0.4 is 0 Å². The van der Waals surface area contributed by atoms with Crippen LogP contribution in [0, 0.1) is 0 Å². The molecule has 4 heteroatoms. The van der Waals surface area contributed by atoms with Gasteiger partial charge >= 0.3 is 11.9 Å². The number of esters is 1. The number of hydrogen-bond donors (Lipinski definition) is 1. The second kappa shape index (κ2) is 40.1. The average molecular weight is 677 g/mol. The zero-order chi connectivity index (χ0) is 35.0. The van der Waals surface area contributed by atoms with Crippen LogP contribution in [0.15, 0.2) is 12.2 Å². The van der Waals surface area contributed by atoms with Crippen LogP contribution in [0.2, 0.25) is 0 Å². The van der Waals surface area contributed by atoms with Crippen LogP contribution in [0.4, 0.5) is 0 Å². The fourth-order valence-electron chi connectivity index (χ4n) is 6.77. The molecule has 1 unspecified atom stereocenters. The molecule has 0 aliphatic carbocycles. The van der Waals surface area contributed by atoms with Crippen LogP contribution in [0.25, 0.3) is 0 Å². The van der Waals surface area contributed by atoms with Crippen molar-refractivity contribution in [3.8, 4) is 0 Å². The van der Waals surface area contributed by atoms with Crippen molar-refractivity contribution >= 4 is 11.9 Å². The molecule has 0 aromatic carbocycles. The van der Waals surface area contributed by atoms with Crippen LogP contribution in [0.1, 0.15) is 251 Å². The van der Waals surface area contributed by atoms with E-state index >= 15 is 0 Å². The van der Waals surface area contributed by atoms with Crippen molar-refractivity contribution < 1.29 is 19.4 Å². The molecule has 0 rings (SSSR count). The molecule has 0 spiro atoms. The van der Waals surface area contributed by atoms with Gasteiger partial charge in [0.2, 0.25) is 0 Å². The van der Waals surface area contributed by atoms with Gasteiger partial charge < -0.3 is 9.84 Å². The van der Waals surface area contributed by atoms with Gasteiger partial charge in [-0.3, -0.25) is 9.59 Å². The number of aliphatic carboxylic acids is 1. The van der Waals surface area contributed by atoms with Gasteiger partial charge in [-0.25, -0.2) is 0 Å². The third-order valence-electron chi connectivity index (χ3n) is 9.99. The first-order valence-corrected chi connectivity index (χ1v) is 21.7. The maximum absolute atomic E-state index is 12.7. The summed E-state index contributed by atoms with van der Waals surface area (Å²) in [6.07, 6.45) is 49.8. The Morgan fingerprint density at radius 2 is 0.750 bits per heavy atom. The van der Waals surface area contributed by atoms with E-state index in [0.29, 0.717) is 12.8 Å². The van der Waals surface area contributed by atoms with Gasteiger partial charge in [-0.2, -0.15) is 0 Å². The van der Waals surface area contributed by atoms with E-state index < -0.39 is 5.97 Å². The SMILES string of the molecule is CCCCCCCC/C=C\CCCCCCCCCCCCCC(=O)OC(CCCCCCC)CCCCCCCCCCCC(=O)O. The summed E-state index contributed by atoms with van der Waals surface area (Å²) in [5.74, 6) is -0.644. The van der Waals surface area contributed by atoms with Crippen molar-refractivity contribution in [2.24, 2.45) is 0 Å². The molecule has 1 atom stereocenters. The minimum Gasteiger partial charge on any atom is -0.481 e. The molecule has 1 N–H and O–H groups in total. The lowest BCUT2D eigenvalue weighted by Gasteiger charge is -2.18. The number of carboxylic acids is 1. The average Bonchev–Trinajstić information content (AvgIpc) is 3.07. The Morgan fingerprint density at radius 3 is 1.12 bits per heavy atom. The summed E-state index contributed by atoms with van der Waals surface area (Å²) in [4.78, 5) is 23.2. The number of unbranched alkanes of at least 4 members (excludes halogenated alkanes) is 29. The molecule has 0 saturated carbocycles. The van der Waals surface area contributed by atoms with E-state index in [1.165, 1.54) is 173 Å². The van der Waals surface area contributed by atoms with E-state index in [1.807, 2.05) is 0 Å². The highest BCUT2D eigenvalue weighted by Gasteiger charge is 2.14. The molecule has 0 aliphatic rings. The minimum absolute atomic E-state index is 0.0322. The van der Waals surface area contributed by atoms with Crippen molar-refractivity contribution in [2.45, 2.75) is 258 Å². The number of carbonyl (C=O) groups excluding carboxylic acids is 1. The van der Waals surface area contributed by atoms with Crippen molar-refractivity contribution in [2.75, 3.05) is 0 Å². The lowest BCUT2D eigenvalue weighted by atomic mass is 10.0. The molecule has 0 heterocycles. The summed E-state index contributed by atoms with van der Waals surface area (Å²) in [5.41, 5.74) is 0. The molecule has 0 aromatic rings. The number of allylic oxidation sites excluding steroid dienone is 2. The van der Waals surface area contributed by atoms with Gasteiger partial charge in [-0.05, 0) is 64.2 Å². The summed E-state index contributed by atoms with van der Waals surface area (Å²) < 4.78 is 6.02. The van der Waals surface area contributed by atoms with E-state index in [0.717, 1.165) is 51.4 Å². The number of ether oxygens (including phenoxy) is 1. The molecule has 48 heavy (non-hydrogen) atoms. The van der Waals surface area contributed by atoms with Crippen LogP contribution in [-0.4, -0.2) is 23.1 Å². The maximum Gasteiger partial charge on any atom is 0.306 e. The van der Waals surface area contributed by atoms with Crippen LogP contribution in [-0.2, 0) is 14.3 Å². The zero-order valence-corrected chi connectivity index (χ0v) is 32.6. The summed E-state index contributed by atoms with van der Waals surface area (Å²) in [6.45, 7) is 4.54. The Kier molecular flexibility index (Phi) is 39.0. The highest BCUT2D eigenvalue weighted by Crippen LogP contribution is 2.19. The Balaban J connectivity index is 3.75. The number of hydrogen-bond acceptors (Lipinski definition) is 3. The summed E-state index contributed by atoms with van der Waals surface area (Å²) in [5, 5.41) is 8.72. The monoisotopic (exact) mass is 677 g/mol. The second-order valence-corrected chi connectivity index (χ2v) is 14.9. The molecule has 284 valence electrons. The normalized spacial score (nSPS) is 12.2. The third-order valence-corrected chi connectivity index (χ3v) is 9.99. The van der Waals surface area contributed by atoms with Crippen molar-refractivity contribution in [3.05, 3.63) is 12.2 Å². The van der Waals surface area contributed by atoms with E-state index in [-0.39, 0.29) is 12.1 Å². The van der Waals surface area contributed by atoms with Crippen LogP contribution >= 0.6 is 0 Å². The van der Waals surface area contributed by atoms with Crippen LogP contribution in [0.5, 0.6) is 0 Å². The van der Waals surface area contributed by atoms with Crippen LogP contribution in [0.3, 0.4) is 0 Å². The molecule has 0 radical (unpaired) electrons. The second-order valence-electron chi connectivity index (χ2n) is 14.9. The van der Waals surface area contributed by atoms with E-state index in [4.69, 9.17) is 9.84 Å². The largest absolute Gasteiger partial charge is 0.481 e. The summed E-state index contributed by atoms with van der Waals surface area (Å²) in [7, 11) is 0. The quantitative estimate of drug-likeness (QED) is 0.0398. The molecule has 0 aromatic heterocycles. The Labute approximate surface area is 300 Å². The highest BCUT2D eigenvalue weighted by atomic mass is 16.5. The van der Waals surface area contributed by atoms with Gasteiger partial charge in [-0.1, -0.05) is 187 Å². The molecular formula is C44H84O4. The van der Waals surface area contributed by atoms with Crippen molar-refractivity contribution in [1.29, 1.82) is 0 Å². The number of rotatable bonds is 40. The number of carbonyl (C=O) groups is 2.